The molecule has 0 amide bonds. The van der Waals surface area contributed by atoms with Crippen LogP contribution in [0.5, 0.6) is 0 Å². The van der Waals surface area contributed by atoms with Crippen molar-refractivity contribution in [2.45, 2.75) is 52.6 Å². The van der Waals surface area contributed by atoms with Crippen LogP contribution in [-0.2, 0) is 4.79 Å². The van der Waals surface area contributed by atoms with Crippen molar-refractivity contribution in [1.29, 1.82) is 0 Å². The Morgan fingerprint density at radius 1 is 1.25 bits per heavy atom. The smallest absolute Gasteiger partial charge is 0.149 e. The maximum absolute atomic E-state index is 11.5. The van der Waals surface area contributed by atoms with Crippen molar-refractivity contribution in [3.05, 3.63) is 0 Å². The minimum atomic E-state index is 0.156. The Morgan fingerprint density at radius 3 is 2.25 bits per heavy atom. The van der Waals surface area contributed by atoms with Crippen LogP contribution in [0.4, 0.5) is 0 Å². The summed E-state index contributed by atoms with van der Waals surface area (Å²) < 4.78 is 0. The van der Waals surface area contributed by atoms with Gasteiger partial charge in [-0.2, -0.15) is 0 Å². The number of carbonyl (C=O) groups excluding carboxylic acids is 1. The number of carbonyl (C=O) groups is 1. The topological polar surface area (TPSA) is 32.3 Å². The fourth-order valence-electron chi connectivity index (χ4n) is 2.07. The predicted molar refractivity (Wildman–Crippen MR) is 67.6 cm³/mol. The molecule has 1 rings (SSSR count). The van der Waals surface area contributed by atoms with Crippen molar-refractivity contribution in [2.75, 3.05) is 19.6 Å². The molecule has 0 aliphatic carbocycles. The molecule has 3 heteroatoms. The lowest BCUT2D eigenvalue weighted by Gasteiger charge is -2.35. The zero-order valence-electron chi connectivity index (χ0n) is 11.1. The highest BCUT2D eigenvalue weighted by molar-refractivity contribution is 5.82. The van der Waals surface area contributed by atoms with Gasteiger partial charge in [-0.3, -0.25) is 4.79 Å². The lowest BCUT2D eigenvalue weighted by atomic mass is 10.0. The molecule has 0 saturated carbocycles. The number of rotatable bonds is 5. The lowest BCUT2D eigenvalue weighted by molar-refractivity contribution is -0.121. The summed E-state index contributed by atoms with van der Waals surface area (Å²) in [6, 6.07) is 1.19. The normalized spacial score (nSPS) is 19.6. The van der Waals surface area contributed by atoms with E-state index in [4.69, 9.17) is 0 Å². The molecule has 94 valence electrons. The van der Waals surface area contributed by atoms with E-state index in [0.29, 0.717) is 24.4 Å². The maximum atomic E-state index is 11.5. The standard InChI is InChI=1S/C13H26N2O/c1-10(2)13(16)9-14-12-5-7-15(8-6-12)11(3)4/h10-12,14H,5-9H2,1-4H3. The van der Waals surface area contributed by atoms with Crippen LogP contribution in [0.15, 0.2) is 0 Å². The Kier molecular flexibility index (Phi) is 5.42. The van der Waals surface area contributed by atoms with Crippen LogP contribution in [0.25, 0.3) is 0 Å². The number of hydrogen-bond donors (Lipinski definition) is 1. The van der Waals surface area contributed by atoms with Crippen LogP contribution in [0.1, 0.15) is 40.5 Å². The molecule has 1 aliphatic rings. The molecule has 0 aromatic carbocycles. The molecule has 0 bridgehead atoms. The van der Waals surface area contributed by atoms with Gasteiger partial charge < -0.3 is 10.2 Å². The van der Waals surface area contributed by atoms with Crippen molar-refractivity contribution in [2.24, 2.45) is 5.92 Å². The van der Waals surface area contributed by atoms with Gasteiger partial charge in [-0.25, -0.2) is 0 Å². The average molecular weight is 226 g/mol. The van der Waals surface area contributed by atoms with E-state index in [-0.39, 0.29) is 5.92 Å². The molecule has 1 fully saturated rings. The van der Waals surface area contributed by atoms with E-state index in [1.54, 1.807) is 0 Å². The van der Waals surface area contributed by atoms with Crippen molar-refractivity contribution >= 4 is 5.78 Å². The number of nitrogens with zero attached hydrogens (tertiary/aromatic N) is 1. The van der Waals surface area contributed by atoms with Crippen LogP contribution >= 0.6 is 0 Å². The molecule has 0 spiro atoms. The van der Waals surface area contributed by atoms with Crippen LogP contribution in [0.3, 0.4) is 0 Å². The molecule has 1 heterocycles. The van der Waals surface area contributed by atoms with Gasteiger partial charge in [0.2, 0.25) is 0 Å². The maximum Gasteiger partial charge on any atom is 0.149 e. The average Bonchev–Trinajstić information content (AvgIpc) is 2.26. The summed E-state index contributed by atoms with van der Waals surface area (Å²) in [5.41, 5.74) is 0. The van der Waals surface area contributed by atoms with Gasteiger partial charge in [-0.1, -0.05) is 13.8 Å². The second kappa shape index (κ2) is 6.36. The highest BCUT2D eigenvalue weighted by Crippen LogP contribution is 2.12. The quantitative estimate of drug-likeness (QED) is 0.774. The Morgan fingerprint density at radius 2 is 1.81 bits per heavy atom. The summed E-state index contributed by atoms with van der Waals surface area (Å²) in [5, 5.41) is 3.39. The lowest BCUT2D eigenvalue weighted by Crippen LogP contribution is -2.46. The number of hydrogen-bond acceptors (Lipinski definition) is 3. The van der Waals surface area contributed by atoms with Crippen LogP contribution in [0.2, 0.25) is 0 Å². The number of nitrogens with one attached hydrogen (secondary N) is 1. The monoisotopic (exact) mass is 226 g/mol. The van der Waals surface area contributed by atoms with Gasteiger partial charge in [0, 0.05) is 18.0 Å². The molecule has 16 heavy (non-hydrogen) atoms. The third-order valence-corrected chi connectivity index (χ3v) is 3.47. The Bertz CT molecular complexity index is 218. The summed E-state index contributed by atoms with van der Waals surface area (Å²) in [5.74, 6) is 0.481. The van der Waals surface area contributed by atoms with E-state index in [1.807, 2.05) is 13.8 Å². The van der Waals surface area contributed by atoms with Gasteiger partial charge >= 0.3 is 0 Å². The van der Waals surface area contributed by atoms with Gasteiger partial charge in [-0.15, -0.1) is 0 Å². The minimum Gasteiger partial charge on any atom is -0.307 e. The van der Waals surface area contributed by atoms with E-state index in [0.717, 1.165) is 13.1 Å². The number of piperidine rings is 1. The van der Waals surface area contributed by atoms with Crippen LogP contribution in [0, 0.1) is 5.92 Å². The molecule has 1 aliphatic heterocycles. The van der Waals surface area contributed by atoms with Gasteiger partial charge in [0.15, 0.2) is 0 Å². The Balaban J connectivity index is 2.20. The zero-order valence-corrected chi connectivity index (χ0v) is 11.1. The van der Waals surface area contributed by atoms with Gasteiger partial charge in [0.25, 0.3) is 0 Å². The molecule has 0 aromatic heterocycles. The number of likely N-dealkylation sites (tertiary alicyclic amines) is 1. The number of ketones is 1. The zero-order chi connectivity index (χ0) is 12.1. The van der Waals surface area contributed by atoms with Gasteiger partial charge in [-0.05, 0) is 39.8 Å². The highest BCUT2D eigenvalue weighted by Gasteiger charge is 2.21. The third kappa shape index (κ3) is 4.22. The fraction of sp³-hybridized carbons (Fsp3) is 0.923. The van der Waals surface area contributed by atoms with Crippen LogP contribution in [-0.4, -0.2) is 42.4 Å². The molecular formula is C13H26N2O. The second-order valence-corrected chi connectivity index (χ2v) is 5.41. The van der Waals surface area contributed by atoms with E-state index >= 15 is 0 Å². The first kappa shape index (κ1) is 13.7. The van der Waals surface area contributed by atoms with E-state index in [2.05, 4.69) is 24.1 Å². The fourth-order valence-corrected chi connectivity index (χ4v) is 2.07. The molecule has 3 nitrogen and oxygen atoms in total. The Hall–Kier alpha value is -0.410. The summed E-state index contributed by atoms with van der Waals surface area (Å²) in [6.45, 7) is 11.3. The first-order chi connectivity index (χ1) is 7.50. The first-order valence-electron chi connectivity index (χ1n) is 6.51. The summed E-state index contributed by atoms with van der Waals surface area (Å²) >= 11 is 0. The molecule has 0 aromatic rings. The van der Waals surface area contributed by atoms with Crippen molar-refractivity contribution in [3.63, 3.8) is 0 Å². The first-order valence-corrected chi connectivity index (χ1v) is 6.51. The highest BCUT2D eigenvalue weighted by atomic mass is 16.1. The molecule has 0 unspecified atom stereocenters. The minimum absolute atomic E-state index is 0.156. The SMILES string of the molecule is CC(C)C(=O)CNC1CCN(C(C)C)CC1. The summed E-state index contributed by atoms with van der Waals surface area (Å²) in [4.78, 5) is 14.0. The van der Waals surface area contributed by atoms with E-state index in [9.17, 15) is 4.79 Å². The summed E-state index contributed by atoms with van der Waals surface area (Å²) in [7, 11) is 0. The molecular weight excluding hydrogens is 200 g/mol. The predicted octanol–water partition coefficient (Wildman–Crippen LogP) is 1.67. The van der Waals surface area contributed by atoms with Crippen molar-refractivity contribution in [1.82, 2.24) is 10.2 Å². The van der Waals surface area contributed by atoms with Gasteiger partial charge in [0.1, 0.15) is 5.78 Å². The number of Topliss-reactive ketones (excluding diaryl/α,β-unsaturated/α-hetero) is 1. The molecule has 0 atom stereocenters. The van der Waals surface area contributed by atoms with Crippen LogP contribution < -0.4 is 5.32 Å². The van der Waals surface area contributed by atoms with Crippen molar-refractivity contribution in [3.8, 4) is 0 Å². The third-order valence-electron chi connectivity index (χ3n) is 3.47. The second-order valence-electron chi connectivity index (χ2n) is 5.41. The summed E-state index contributed by atoms with van der Waals surface area (Å²) in [6.07, 6.45) is 2.34. The van der Waals surface area contributed by atoms with E-state index in [1.165, 1.54) is 12.8 Å². The Labute approximate surface area is 99.6 Å². The molecule has 1 saturated heterocycles. The van der Waals surface area contributed by atoms with Crippen molar-refractivity contribution < 1.29 is 4.79 Å². The largest absolute Gasteiger partial charge is 0.307 e. The molecule has 1 N–H and O–H groups in total. The van der Waals surface area contributed by atoms with Gasteiger partial charge in [0.05, 0.1) is 6.54 Å². The van der Waals surface area contributed by atoms with E-state index < -0.39 is 0 Å². The molecule has 0 radical (unpaired) electrons.